The highest BCUT2D eigenvalue weighted by molar-refractivity contribution is 6.31. The number of nitrogens with zero attached hydrogens (tertiary/aromatic N) is 1. The van der Waals surface area contributed by atoms with E-state index in [1.165, 1.54) is 12.1 Å². The Hall–Kier alpha value is -1.73. The maximum absolute atomic E-state index is 11.4. The lowest BCUT2D eigenvalue weighted by atomic mass is 10.1. The molecule has 78 valence electrons. The Kier molecular flexibility index (Phi) is 3.53. The second kappa shape index (κ2) is 4.67. The Balaban J connectivity index is 3.28. The predicted molar refractivity (Wildman–Crippen MR) is 53.8 cm³/mol. The van der Waals surface area contributed by atoms with Crippen LogP contribution in [0.3, 0.4) is 0 Å². The molecular weight excluding hydrogens is 218 g/mol. The third-order valence-corrected chi connectivity index (χ3v) is 1.90. The Morgan fingerprint density at radius 2 is 2.33 bits per heavy atom. The highest BCUT2D eigenvalue weighted by Crippen LogP contribution is 2.26. The molecular formula is C10H8ClNO3. The molecule has 4 nitrogen and oxygen atoms in total. The molecule has 0 saturated carbocycles. The maximum Gasteiger partial charge on any atom is 0.343 e. The maximum atomic E-state index is 11.4. The molecule has 15 heavy (non-hydrogen) atoms. The minimum atomic E-state index is -0.733. The van der Waals surface area contributed by atoms with Gasteiger partial charge in [0.05, 0.1) is 12.2 Å². The third kappa shape index (κ3) is 2.39. The summed E-state index contributed by atoms with van der Waals surface area (Å²) in [6.07, 6.45) is 0. The van der Waals surface area contributed by atoms with Crippen LogP contribution in [-0.4, -0.2) is 17.7 Å². The summed E-state index contributed by atoms with van der Waals surface area (Å²) in [5, 5.41) is 18.4. The van der Waals surface area contributed by atoms with Crippen molar-refractivity contribution in [2.24, 2.45) is 0 Å². The minimum absolute atomic E-state index is 0.00144. The molecule has 0 atom stereocenters. The third-order valence-electron chi connectivity index (χ3n) is 1.68. The molecule has 0 aliphatic carbocycles. The first-order valence-electron chi connectivity index (χ1n) is 4.19. The van der Waals surface area contributed by atoms with Gasteiger partial charge in [-0.2, -0.15) is 5.26 Å². The van der Waals surface area contributed by atoms with E-state index < -0.39 is 5.97 Å². The molecule has 0 heterocycles. The van der Waals surface area contributed by atoms with Gasteiger partial charge in [0.15, 0.2) is 0 Å². The normalized spacial score (nSPS) is 9.40. The van der Waals surface area contributed by atoms with E-state index in [1.54, 1.807) is 13.0 Å². The van der Waals surface area contributed by atoms with Crippen LogP contribution in [0.1, 0.15) is 22.8 Å². The van der Waals surface area contributed by atoms with Crippen LogP contribution in [0.15, 0.2) is 12.1 Å². The van der Waals surface area contributed by atoms with Crippen LogP contribution in [0.2, 0.25) is 5.02 Å². The average molecular weight is 226 g/mol. The second-order valence-electron chi connectivity index (χ2n) is 2.68. The number of aromatic hydroxyl groups is 1. The number of phenols is 1. The van der Waals surface area contributed by atoms with Crippen molar-refractivity contribution in [1.82, 2.24) is 0 Å². The van der Waals surface area contributed by atoms with Crippen molar-refractivity contribution in [2.45, 2.75) is 6.92 Å². The number of rotatable bonds is 2. The van der Waals surface area contributed by atoms with Gasteiger partial charge >= 0.3 is 5.97 Å². The number of esters is 1. The fraction of sp³-hybridized carbons (Fsp3) is 0.200. The van der Waals surface area contributed by atoms with Gasteiger partial charge in [-0.05, 0) is 19.1 Å². The van der Waals surface area contributed by atoms with Gasteiger partial charge in [0.2, 0.25) is 0 Å². The van der Waals surface area contributed by atoms with Crippen molar-refractivity contribution in [3.05, 3.63) is 28.3 Å². The monoisotopic (exact) mass is 225 g/mol. The lowest BCUT2D eigenvalue weighted by molar-refractivity contribution is 0.0522. The lowest BCUT2D eigenvalue weighted by Crippen LogP contribution is -2.07. The highest BCUT2D eigenvalue weighted by atomic mass is 35.5. The smallest absolute Gasteiger partial charge is 0.343 e. The van der Waals surface area contributed by atoms with Crippen LogP contribution in [0, 0.1) is 11.3 Å². The van der Waals surface area contributed by atoms with E-state index in [1.807, 2.05) is 0 Å². The SMILES string of the molecule is CCOC(=O)c1c(O)cc(Cl)cc1C#N. The van der Waals surface area contributed by atoms with Gasteiger partial charge in [-0.15, -0.1) is 0 Å². The largest absolute Gasteiger partial charge is 0.507 e. The molecule has 0 aliphatic heterocycles. The molecule has 0 spiro atoms. The first kappa shape index (κ1) is 11.3. The molecule has 0 aromatic heterocycles. The number of carbonyl (C=O) groups excluding carboxylic acids is 1. The average Bonchev–Trinajstić information content (AvgIpc) is 2.16. The molecule has 0 amide bonds. The summed E-state index contributed by atoms with van der Waals surface area (Å²) in [7, 11) is 0. The van der Waals surface area contributed by atoms with Crippen molar-refractivity contribution in [1.29, 1.82) is 5.26 Å². The van der Waals surface area contributed by atoms with Gasteiger partial charge in [-0.1, -0.05) is 11.6 Å². The first-order valence-corrected chi connectivity index (χ1v) is 4.57. The molecule has 1 aromatic rings. The van der Waals surface area contributed by atoms with E-state index in [0.717, 1.165) is 0 Å². The van der Waals surface area contributed by atoms with Crippen molar-refractivity contribution in [3.8, 4) is 11.8 Å². The Morgan fingerprint density at radius 3 is 2.87 bits per heavy atom. The van der Waals surface area contributed by atoms with Crippen LogP contribution in [0.5, 0.6) is 5.75 Å². The van der Waals surface area contributed by atoms with Crippen LogP contribution in [0.25, 0.3) is 0 Å². The van der Waals surface area contributed by atoms with Crippen molar-refractivity contribution in [2.75, 3.05) is 6.61 Å². The fourth-order valence-electron chi connectivity index (χ4n) is 1.10. The van der Waals surface area contributed by atoms with Gasteiger partial charge in [-0.3, -0.25) is 0 Å². The molecule has 0 radical (unpaired) electrons. The summed E-state index contributed by atoms with van der Waals surface area (Å²) >= 11 is 5.62. The Morgan fingerprint density at radius 1 is 1.67 bits per heavy atom. The molecule has 1 aromatic carbocycles. The number of benzene rings is 1. The minimum Gasteiger partial charge on any atom is -0.507 e. The van der Waals surface area contributed by atoms with Crippen LogP contribution >= 0.6 is 11.6 Å². The molecule has 0 saturated heterocycles. The van der Waals surface area contributed by atoms with Crippen molar-refractivity contribution in [3.63, 3.8) is 0 Å². The number of nitriles is 1. The van der Waals surface area contributed by atoms with Crippen molar-refractivity contribution >= 4 is 17.6 Å². The number of ether oxygens (including phenoxy) is 1. The summed E-state index contributed by atoms with van der Waals surface area (Å²) in [6.45, 7) is 1.81. The van der Waals surface area contributed by atoms with Gasteiger partial charge in [0.1, 0.15) is 17.4 Å². The molecule has 5 heteroatoms. The lowest BCUT2D eigenvalue weighted by Gasteiger charge is -2.06. The van der Waals surface area contributed by atoms with Crippen LogP contribution in [-0.2, 0) is 4.74 Å². The van der Waals surface area contributed by atoms with E-state index in [2.05, 4.69) is 0 Å². The van der Waals surface area contributed by atoms with Gasteiger partial charge < -0.3 is 9.84 Å². The molecule has 1 N–H and O–H groups in total. The zero-order chi connectivity index (χ0) is 11.4. The topological polar surface area (TPSA) is 70.3 Å². The fourth-order valence-corrected chi connectivity index (χ4v) is 1.31. The number of hydrogen-bond donors (Lipinski definition) is 1. The van der Waals surface area contributed by atoms with E-state index in [9.17, 15) is 9.90 Å². The number of carbonyl (C=O) groups is 1. The Bertz CT molecular complexity index is 437. The molecule has 1 rings (SSSR count). The summed E-state index contributed by atoms with van der Waals surface area (Å²) < 4.78 is 4.70. The molecule has 0 bridgehead atoms. The van der Waals surface area contributed by atoms with E-state index >= 15 is 0 Å². The second-order valence-corrected chi connectivity index (χ2v) is 3.12. The molecule has 0 unspecified atom stereocenters. The highest BCUT2D eigenvalue weighted by Gasteiger charge is 2.18. The quantitative estimate of drug-likeness (QED) is 0.783. The predicted octanol–water partition coefficient (Wildman–Crippen LogP) is 2.09. The standard InChI is InChI=1S/C10H8ClNO3/c1-2-15-10(14)9-6(5-12)3-7(11)4-8(9)13/h3-4,13H,2H2,1H3. The summed E-state index contributed by atoms with van der Waals surface area (Å²) in [5.41, 5.74) is -0.151. The Labute approximate surface area is 91.7 Å². The number of halogens is 1. The van der Waals surface area contributed by atoms with Crippen molar-refractivity contribution < 1.29 is 14.6 Å². The van der Waals surface area contributed by atoms with E-state index in [-0.39, 0.29) is 28.5 Å². The van der Waals surface area contributed by atoms with Crippen LogP contribution < -0.4 is 0 Å². The summed E-state index contributed by atoms with van der Waals surface area (Å²) in [5.74, 6) is -1.08. The van der Waals surface area contributed by atoms with Crippen LogP contribution in [0.4, 0.5) is 0 Å². The molecule has 0 fully saturated rings. The zero-order valence-corrected chi connectivity index (χ0v) is 8.71. The van der Waals surface area contributed by atoms with E-state index in [0.29, 0.717) is 0 Å². The summed E-state index contributed by atoms with van der Waals surface area (Å²) in [6, 6.07) is 4.26. The number of hydrogen-bond acceptors (Lipinski definition) is 4. The zero-order valence-electron chi connectivity index (χ0n) is 7.95. The van der Waals surface area contributed by atoms with E-state index in [4.69, 9.17) is 21.6 Å². The van der Waals surface area contributed by atoms with Gasteiger partial charge in [0.25, 0.3) is 0 Å². The summed E-state index contributed by atoms with van der Waals surface area (Å²) in [4.78, 5) is 11.4. The number of phenolic OH excluding ortho intramolecular Hbond substituents is 1. The van der Waals surface area contributed by atoms with Gasteiger partial charge in [-0.25, -0.2) is 4.79 Å². The van der Waals surface area contributed by atoms with Gasteiger partial charge in [0, 0.05) is 5.02 Å². The first-order chi connectivity index (χ1) is 7.10. The molecule has 0 aliphatic rings.